The molecule has 71 heavy (non-hydrogen) atoms. The van der Waals surface area contributed by atoms with Crippen molar-refractivity contribution >= 4 is 13.8 Å². The number of unbranched alkanes of at least 4 members (excludes halogenated alkanes) is 38. The lowest BCUT2D eigenvalue weighted by Gasteiger charge is -2.24. The standard InChI is InChI=1S/C62H120NO7P/c1-6-8-10-12-14-16-18-20-22-24-26-28-30-32-33-35-37-39-41-43-45-47-49-51-53-55-62(64)70-61(60-69-71(65,66)68-58-56-63(3,4)5)59-67-57-54-52-50-48-46-44-42-40-38-36-34-31-29-27-25-23-21-19-17-15-13-11-9-7-2/h18,20,24-27,61H,6-17,19,21-23,28-60H2,1-5H3/p+1/b20-18-,26-24-,27-25-. The van der Waals surface area contributed by atoms with Crippen molar-refractivity contribution in [1.82, 2.24) is 0 Å². The van der Waals surface area contributed by atoms with Crippen LogP contribution in [0.5, 0.6) is 0 Å². The number of ether oxygens (including phenoxy) is 2. The number of quaternary nitrogens is 1. The van der Waals surface area contributed by atoms with Crippen LogP contribution in [0.4, 0.5) is 0 Å². The first kappa shape index (κ1) is 69.7. The van der Waals surface area contributed by atoms with Crippen molar-refractivity contribution < 1.29 is 37.3 Å². The van der Waals surface area contributed by atoms with E-state index >= 15 is 0 Å². The van der Waals surface area contributed by atoms with Gasteiger partial charge in [-0.05, 0) is 70.6 Å². The number of phosphoric ester groups is 1. The van der Waals surface area contributed by atoms with Crippen LogP contribution in [0.3, 0.4) is 0 Å². The second-order valence-electron chi connectivity index (χ2n) is 22.1. The normalized spacial score (nSPS) is 13.6. The van der Waals surface area contributed by atoms with Gasteiger partial charge in [0.15, 0.2) is 0 Å². The maximum Gasteiger partial charge on any atom is 0.472 e. The Morgan fingerprint density at radius 1 is 0.437 bits per heavy atom. The molecule has 0 saturated heterocycles. The fourth-order valence-corrected chi connectivity index (χ4v) is 9.68. The molecule has 2 unspecified atom stereocenters. The van der Waals surface area contributed by atoms with Crippen LogP contribution in [0.25, 0.3) is 0 Å². The number of carbonyl (C=O) groups excluding carboxylic acids is 1. The maximum absolute atomic E-state index is 12.8. The van der Waals surface area contributed by atoms with Gasteiger partial charge in [-0.2, -0.15) is 0 Å². The highest BCUT2D eigenvalue weighted by molar-refractivity contribution is 7.47. The Hall–Kier alpha value is -1.28. The van der Waals surface area contributed by atoms with Crippen LogP contribution in [-0.2, 0) is 27.9 Å². The Morgan fingerprint density at radius 3 is 1.15 bits per heavy atom. The van der Waals surface area contributed by atoms with E-state index in [9.17, 15) is 14.3 Å². The van der Waals surface area contributed by atoms with E-state index in [-0.39, 0.29) is 25.8 Å². The van der Waals surface area contributed by atoms with Crippen LogP contribution >= 0.6 is 7.82 Å². The Bertz CT molecular complexity index is 1230. The van der Waals surface area contributed by atoms with Crippen molar-refractivity contribution in [2.75, 3.05) is 54.1 Å². The van der Waals surface area contributed by atoms with Crippen molar-refractivity contribution in [3.8, 4) is 0 Å². The van der Waals surface area contributed by atoms with Crippen LogP contribution in [-0.4, -0.2) is 75.6 Å². The molecule has 0 spiro atoms. The van der Waals surface area contributed by atoms with Crippen LogP contribution < -0.4 is 0 Å². The van der Waals surface area contributed by atoms with Crippen molar-refractivity contribution in [3.63, 3.8) is 0 Å². The zero-order valence-electron chi connectivity index (χ0n) is 48.0. The van der Waals surface area contributed by atoms with Crippen LogP contribution in [0.15, 0.2) is 36.5 Å². The number of esters is 1. The van der Waals surface area contributed by atoms with Gasteiger partial charge >= 0.3 is 13.8 Å². The first-order chi connectivity index (χ1) is 34.6. The summed E-state index contributed by atoms with van der Waals surface area (Å²) in [5.74, 6) is -0.309. The molecule has 0 aliphatic heterocycles. The van der Waals surface area contributed by atoms with Gasteiger partial charge < -0.3 is 18.9 Å². The molecule has 0 radical (unpaired) electrons. The predicted octanol–water partition coefficient (Wildman–Crippen LogP) is 19.6. The molecule has 8 nitrogen and oxygen atoms in total. The van der Waals surface area contributed by atoms with Gasteiger partial charge in [-0.1, -0.05) is 256 Å². The highest BCUT2D eigenvalue weighted by Gasteiger charge is 2.26. The van der Waals surface area contributed by atoms with Gasteiger partial charge in [-0.25, -0.2) is 4.57 Å². The summed E-state index contributed by atoms with van der Waals surface area (Å²) in [5, 5.41) is 0. The molecule has 0 bridgehead atoms. The third-order valence-corrected chi connectivity index (χ3v) is 14.7. The van der Waals surface area contributed by atoms with Crippen molar-refractivity contribution in [1.29, 1.82) is 0 Å². The van der Waals surface area contributed by atoms with E-state index in [4.69, 9.17) is 18.5 Å². The van der Waals surface area contributed by atoms with Crippen molar-refractivity contribution in [3.05, 3.63) is 36.5 Å². The summed E-state index contributed by atoms with van der Waals surface area (Å²) in [6.45, 7) is 5.67. The number of likely N-dealkylation sites (N-methyl/N-ethyl adjacent to an activating group) is 1. The molecule has 9 heteroatoms. The summed E-state index contributed by atoms with van der Waals surface area (Å²) < 4.78 is 35.3. The van der Waals surface area contributed by atoms with E-state index in [2.05, 4.69) is 50.3 Å². The number of allylic oxidation sites excluding steroid dienone is 6. The van der Waals surface area contributed by atoms with Gasteiger partial charge in [-0.3, -0.25) is 13.8 Å². The number of phosphoric acid groups is 1. The van der Waals surface area contributed by atoms with E-state index in [1.165, 1.54) is 238 Å². The van der Waals surface area contributed by atoms with Gasteiger partial charge in [0.05, 0.1) is 34.4 Å². The lowest BCUT2D eigenvalue weighted by atomic mass is 10.0. The third-order valence-electron chi connectivity index (χ3n) is 13.7. The smallest absolute Gasteiger partial charge is 0.457 e. The second kappa shape index (κ2) is 55.0. The Labute approximate surface area is 442 Å². The molecule has 2 atom stereocenters. The number of carbonyl (C=O) groups is 1. The molecule has 0 aliphatic carbocycles. The summed E-state index contributed by atoms with van der Waals surface area (Å²) in [4.78, 5) is 23.1. The van der Waals surface area contributed by atoms with E-state index in [0.29, 0.717) is 24.1 Å². The highest BCUT2D eigenvalue weighted by atomic mass is 31.2. The molecule has 0 aromatic rings. The number of hydrogen-bond acceptors (Lipinski definition) is 6. The van der Waals surface area contributed by atoms with E-state index < -0.39 is 13.9 Å². The van der Waals surface area contributed by atoms with Crippen molar-refractivity contribution in [2.45, 2.75) is 302 Å². The fourth-order valence-electron chi connectivity index (χ4n) is 8.93. The minimum atomic E-state index is -4.29. The molecule has 0 amide bonds. The minimum absolute atomic E-state index is 0.0898. The van der Waals surface area contributed by atoms with Crippen LogP contribution in [0.1, 0.15) is 296 Å². The first-order valence-corrected chi connectivity index (χ1v) is 32.2. The summed E-state index contributed by atoms with van der Waals surface area (Å²) in [5.41, 5.74) is 0. The Balaban J connectivity index is 4.02. The van der Waals surface area contributed by atoms with E-state index in [0.717, 1.165) is 38.5 Å². The molecule has 0 saturated carbocycles. The fraction of sp³-hybridized carbons (Fsp3) is 0.887. The number of hydrogen-bond donors (Lipinski definition) is 1. The highest BCUT2D eigenvalue weighted by Crippen LogP contribution is 2.43. The number of rotatable bonds is 58. The molecule has 1 N–H and O–H groups in total. The lowest BCUT2D eigenvalue weighted by Crippen LogP contribution is -2.37. The van der Waals surface area contributed by atoms with Gasteiger partial charge in [0.25, 0.3) is 0 Å². The average Bonchev–Trinajstić information content (AvgIpc) is 3.33. The quantitative estimate of drug-likeness (QED) is 0.0213. The molecule has 0 aromatic carbocycles. The number of nitrogens with zero attached hydrogens (tertiary/aromatic N) is 1. The molecule has 0 aromatic heterocycles. The van der Waals surface area contributed by atoms with Crippen LogP contribution in [0.2, 0.25) is 0 Å². The molecule has 0 rings (SSSR count). The predicted molar refractivity (Wildman–Crippen MR) is 307 cm³/mol. The zero-order chi connectivity index (χ0) is 51.9. The molecular formula is C62H121NO7P+. The summed E-state index contributed by atoms with van der Waals surface area (Å²) in [6, 6.07) is 0. The Kier molecular flexibility index (Phi) is 54.0. The summed E-state index contributed by atoms with van der Waals surface area (Å²) >= 11 is 0. The second-order valence-corrected chi connectivity index (χ2v) is 23.5. The molecule has 0 heterocycles. The first-order valence-electron chi connectivity index (χ1n) is 30.7. The minimum Gasteiger partial charge on any atom is -0.457 e. The van der Waals surface area contributed by atoms with E-state index in [1.54, 1.807) is 0 Å². The van der Waals surface area contributed by atoms with Gasteiger partial charge in [0.1, 0.15) is 19.3 Å². The monoisotopic (exact) mass is 1020 g/mol. The van der Waals surface area contributed by atoms with E-state index in [1.807, 2.05) is 21.1 Å². The van der Waals surface area contributed by atoms with Gasteiger partial charge in [-0.15, -0.1) is 0 Å². The topological polar surface area (TPSA) is 91.3 Å². The summed E-state index contributed by atoms with van der Waals surface area (Å²) in [6.07, 6.45) is 69.3. The van der Waals surface area contributed by atoms with Gasteiger partial charge in [0, 0.05) is 13.0 Å². The molecule has 0 aliphatic rings. The third kappa shape index (κ3) is 59.5. The molecule has 420 valence electrons. The average molecular weight is 1020 g/mol. The molecule has 0 fully saturated rings. The SMILES string of the molecule is CCCCCCC/C=C\C/C=C\CCCCCCCCCCCCCCCC(=O)OC(COCCCCCCCCCCCCCC/C=C\CCCCCCCCCC)COP(=O)(O)OCC[N+](C)(C)C. The Morgan fingerprint density at radius 2 is 0.775 bits per heavy atom. The largest absolute Gasteiger partial charge is 0.472 e. The maximum atomic E-state index is 12.8. The van der Waals surface area contributed by atoms with Crippen LogP contribution in [0, 0.1) is 0 Å². The van der Waals surface area contributed by atoms with Crippen molar-refractivity contribution in [2.24, 2.45) is 0 Å². The lowest BCUT2D eigenvalue weighted by molar-refractivity contribution is -0.870. The zero-order valence-corrected chi connectivity index (χ0v) is 48.9. The van der Waals surface area contributed by atoms with Gasteiger partial charge in [0.2, 0.25) is 0 Å². The summed E-state index contributed by atoms with van der Waals surface area (Å²) in [7, 11) is 1.68. The molecular weight excluding hydrogens is 902 g/mol.